The van der Waals surface area contributed by atoms with Crippen LogP contribution in [0.2, 0.25) is 0 Å². The third-order valence-electron chi connectivity index (χ3n) is 5.63. The standard InChI is InChI=1S/C25H26N2O4/c1-3-5-13-27-22(19-15-26-20-12-7-6-11-18(19)20)21(24(29)25(27)30)23(28)16-9-8-10-17(14-16)31-4-2/h6-12,14-15,22,26,28H,3-5,13H2,1-2H3/b23-21+. The van der Waals surface area contributed by atoms with E-state index in [4.69, 9.17) is 4.74 Å². The maximum Gasteiger partial charge on any atom is 0.295 e. The van der Waals surface area contributed by atoms with E-state index in [-0.39, 0.29) is 11.3 Å². The summed E-state index contributed by atoms with van der Waals surface area (Å²) in [5.74, 6) is -0.832. The summed E-state index contributed by atoms with van der Waals surface area (Å²) in [6, 6.07) is 14.0. The lowest BCUT2D eigenvalue weighted by atomic mass is 9.95. The predicted octanol–water partition coefficient (Wildman–Crippen LogP) is 4.79. The van der Waals surface area contributed by atoms with E-state index in [0.29, 0.717) is 24.5 Å². The smallest absolute Gasteiger partial charge is 0.295 e. The van der Waals surface area contributed by atoms with Crippen molar-refractivity contribution in [3.63, 3.8) is 0 Å². The zero-order valence-electron chi connectivity index (χ0n) is 17.7. The van der Waals surface area contributed by atoms with E-state index in [9.17, 15) is 14.7 Å². The van der Waals surface area contributed by atoms with Gasteiger partial charge in [-0.1, -0.05) is 43.7 Å². The molecule has 1 amide bonds. The predicted molar refractivity (Wildman–Crippen MR) is 120 cm³/mol. The molecule has 0 spiro atoms. The molecule has 6 heteroatoms. The zero-order valence-corrected chi connectivity index (χ0v) is 17.7. The fourth-order valence-electron chi connectivity index (χ4n) is 4.14. The van der Waals surface area contributed by atoms with Crippen molar-refractivity contribution in [2.45, 2.75) is 32.7 Å². The number of carbonyl (C=O) groups excluding carboxylic acids is 2. The van der Waals surface area contributed by atoms with Gasteiger partial charge in [0.1, 0.15) is 11.5 Å². The molecule has 3 aromatic rings. The summed E-state index contributed by atoms with van der Waals surface area (Å²) in [5, 5.41) is 12.1. The second-order valence-electron chi connectivity index (χ2n) is 7.60. The molecule has 31 heavy (non-hydrogen) atoms. The molecule has 0 bridgehead atoms. The second kappa shape index (κ2) is 8.68. The molecule has 1 unspecified atom stereocenters. The van der Waals surface area contributed by atoms with Crippen LogP contribution >= 0.6 is 0 Å². The summed E-state index contributed by atoms with van der Waals surface area (Å²) in [6.07, 6.45) is 3.48. The Morgan fingerprint density at radius 1 is 1.13 bits per heavy atom. The number of amides is 1. The van der Waals surface area contributed by atoms with E-state index >= 15 is 0 Å². The Morgan fingerprint density at radius 3 is 2.71 bits per heavy atom. The van der Waals surface area contributed by atoms with Gasteiger partial charge in [-0.2, -0.15) is 0 Å². The number of aromatic nitrogens is 1. The number of nitrogens with one attached hydrogen (secondary N) is 1. The molecule has 1 aromatic heterocycles. The van der Waals surface area contributed by atoms with E-state index in [2.05, 4.69) is 4.98 Å². The van der Waals surface area contributed by atoms with Crippen molar-refractivity contribution in [3.8, 4) is 5.75 Å². The third kappa shape index (κ3) is 3.69. The number of benzene rings is 2. The molecule has 4 rings (SSSR count). The average molecular weight is 418 g/mol. The van der Waals surface area contributed by atoms with Crippen molar-refractivity contribution in [1.29, 1.82) is 0 Å². The molecule has 2 N–H and O–H groups in total. The van der Waals surface area contributed by atoms with Crippen molar-refractivity contribution in [1.82, 2.24) is 9.88 Å². The topological polar surface area (TPSA) is 82.6 Å². The van der Waals surface area contributed by atoms with Crippen molar-refractivity contribution in [2.75, 3.05) is 13.2 Å². The summed E-state index contributed by atoms with van der Waals surface area (Å²) in [7, 11) is 0. The van der Waals surface area contributed by atoms with Crippen LogP contribution in [0.3, 0.4) is 0 Å². The largest absolute Gasteiger partial charge is 0.507 e. The fourth-order valence-corrected chi connectivity index (χ4v) is 4.14. The molecule has 2 heterocycles. The Morgan fingerprint density at radius 2 is 1.94 bits per heavy atom. The monoisotopic (exact) mass is 418 g/mol. The molecule has 0 radical (unpaired) electrons. The number of unbranched alkanes of at least 4 members (excludes halogenated alkanes) is 1. The SMILES string of the molecule is CCCCN1C(=O)C(=O)/C(=C(/O)c2cccc(OCC)c2)C1c1c[nH]c2ccccc12. The molecular formula is C25H26N2O4. The first-order valence-corrected chi connectivity index (χ1v) is 10.6. The van der Waals surface area contributed by atoms with Gasteiger partial charge in [0.15, 0.2) is 0 Å². The molecule has 1 aliphatic rings. The number of fused-ring (bicyclic) bond motifs is 1. The minimum absolute atomic E-state index is 0.111. The number of carbonyl (C=O) groups is 2. The van der Waals surface area contributed by atoms with Crippen molar-refractivity contribution < 1.29 is 19.4 Å². The van der Waals surface area contributed by atoms with Crippen LogP contribution < -0.4 is 4.74 Å². The number of hydrogen-bond acceptors (Lipinski definition) is 4. The summed E-state index contributed by atoms with van der Waals surface area (Å²) >= 11 is 0. The van der Waals surface area contributed by atoms with Crippen LogP contribution in [-0.2, 0) is 9.59 Å². The first-order chi connectivity index (χ1) is 15.1. The summed E-state index contributed by atoms with van der Waals surface area (Å²) in [4.78, 5) is 30.9. The number of ketones is 1. The van der Waals surface area contributed by atoms with Gasteiger partial charge in [0.2, 0.25) is 0 Å². The second-order valence-corrected chi connectivity index (χ2v) is 7.60. The zero-order chi connectivity index (χ0) is 22.0. The molecule has 6 nitrogen and oxygen atoms in total. The van der Waals surface area contributed by atoms with E-state index in [0.717, 1.165) is 29.3 Å². The number of aliphatic hydroxyl groups is 1. The number of aliphatic hydroxyl groups excluding tert-OH is 1. The van der Waals surface area contributed by atoms with Gasteiger partial charge in [-0.15, -0.1) is 0 Å². The number of H-pyrrole nitrogens is 1. The van der Waals surface area contributed by atoms with E-state index < -0.39 is 17.7 Å². The minimum atomic E-state index is -0.661. The highest BCUT2D eigenvalue weighted by molar-refractivity contribution is 6.46. The molecule has 1 saturated heterocycles. The van der Waals surface area contributed by atoms with Gasteiger partial charge in [0.05, 0.1) is 18.2 Å². The van der Waals surface area contributed by atoms with Crippen LogP contribution in [-0.4, -0.2) is 39.8 Å². The Labute approximate surface area is 181 Å². The minimum Gasteiger partial charge on any atom is -0.507 e. The van der Waals surface area contributed by atoms with Gasteiger partial charge < -0.3 is 19.7 Å². The van der Waals surface area contributed by atoms with E-state index in [1.54, 1.807) is 29.2 Å². The fraction of sp³-hybridized carbons (Fsp3) is 0.280. The maximum absolute atomic E-state index is 13.1. The van der Waals surface area contributed by atoms with Gasteiger partial charge in [-0.3, -0.25) is 9.59 Å². The van der Waals surface area contributed by atoms with Crippen LogP contribution in [0.1, 0.15) is 43.9 Å². The Balaban J connectivity index is 1.89. The lowest BCUT2D eigenvalue weighted by molar-refractivity contribution is -0.139. The highest BCUT2D eigenvalue weighted by Crippen LogP contribution is 2.42. The number of hydrogen-bond donors (Lipinski definition) is 2. The highest BCUT2D eigenvalue weighted by atomic mass is 16.5. The number of para-hydroxylation sites is 1. The number of ether oxygens (including phenoxy) is 1. The van der Waals surface area contributed by atoms with Crippen LogP contribution in [0.5, 0.6) is 5.75 Å². The highest BCUT2D eigenvalue weighted by Gasteiger charge is 2.46. The van der Waals surface area contributed by atoms with Gasteiger partial charge in [0, 0.05) is 34.8 Å². The number of Topliss-reactive ketones (excluding diaryl/α,β-unsaturated/α-hetero) is 1. The van der Waals surface area contributed by atoms with Crippen molar-refractivity contribution >= 4 is 28.4 Å². The summed E-state index contributed by atoms with van der Waals surface area (Å²) < 4.78 is 5.54. The van der Waals surface area contributed by atoms with Crippen LogP contribution in [0.25, 0.3) is 16.7 Å². The van der Waals surface area contributed by atoms with Crippen molar-refractivity contribution in [3.05, 3.63) is 71.4 Å². The first kappa shape index (κ1) is 20.7. The maximum atomic E-state index is 13.1. The Hall–Kier alpha value is -3.54. The Kier molecular flexibility index (Phi) is 5.80. The molecule has 2 aromatic carbocycles. The molecule has 0 saturated carbocycles. The lowest BCUT2D eigenvalue weighted by Gasteiger charge is -2.24. The molecule has 1 aliphatic heterocycles. The first-order valence-electron chi connectivity index (χ1n) is 10.6. The van der Waals surface area contributed by atoms with Crippen LogP contribution in [0.15, 0.2) is 60.3 Å². The van der Waals surface area contributed by atoms with E-state index in [1.165, 1.54) is 0 Å². The third-order valence-corrected chi connectivity index (χ3v) is 5.63. The van der Waals surface area contributed by atoms with Gasteiger partial charge >= 0.3 is 0 Å². The van der Waals surface area contributed by atoms with Gasteiger partial charge in [-0.05, 0) is 31.5 Å². The van der Waals surface area contributed by atoms with Crippen LogP contribution in [0, 0.1) is 0 Å². The normalized spacial score (nSPS) is 18.1. The number of likely N-dealkylation sites (tertiary alicyclic amines) is 1. The quantitative estimate of drug-likeness (QED) is 0.328. The van der Waals surface area contributed by atoms with Crippen LogP contribution in [0.4, 0.5) is 0 Å². The average Bonchev–Trinajstić information content (AvgIpc) is 3.31. The van der Waals surface area contributed by atoms with Crippen molar-refractivity contribution in [2.24, 2.45) is 0 Å². The number of nitrogens with zero attached hydrogens (tertiary/aromatic N) is 1. The molecule has 1 atom stereocenters. The molecule has 1 fully saturated rings. The lowest BCUT2D eigenvalue weighted by Crippen LogP contribution is -2.30. The van der Waals surface area contributed by atoms with E-state index in [1.807, 2.05) is 44.3 Å². The summed E-state index contributed by atoms with van der Waals surface area (Å²) in [6.45, 7) is 4.85. The number of aromatic amines is 1. The Bertz CT molecular complexity index is 1160. The van der Waals surface area contributed by atoms with Gasteiger partial charge in [-0.25, -0.2) is 0 Å². The molecule has 160 valence electrons. The molecule has 0 aliphatic carbocycles. The number of rotatable bonds is 7. The van der Waals surface area contributed by atoms with Gasteiger partial charge in [0.25, 0.3) is 11.7 Å². The summed E-state index contributed by atoms with van der Waals surface area (Å²) in [5.41, 5.74) is 2.27. The molecular weight excluding hydrogens is 392 g/mol.